The van der Waals surface area contributed by atoms with E-state index in [2.05, 4.69) is 10.3 Å². The van der Waals surface area contributed by atoms with E-state index < -0.39 is 36.1 Å². The van der Waals surface area contributed by atoms with Crippen LogP contribution in [-0.4, -0.2) is 23.5 Å². The van der Waals surface area contributed by atoms with Gasteiger partial charge in [0.2, 0.25) is 0 Å². The number of nitrogens with one attached hydrogen (secondary N) is 1. The lowest BCUT2D eigenvalue weighted by Gasteiger charge is -2.14. The Morgan fingerprint density at radius 1 is 1.26 bits per heavy atom. The van der Waals surface area contributed by atoms with Crippen molar-refractivity contribution in [1.82, 2.24) is 4.98 Å². The largest absolute Gasteiger partial charge is 0.455 e. The molecule has 0 bridgehead atoms. The van der Waals surface area contributed by atoms with Crippen molar-refractivity contribution in [3.05, 3.63) is 58.7 Å². The second-order valence-corrected chi connectivity index (χ2v) is 5.99. The molecule has 0 radical (unpaired) electrons. The van der Waals surface area contributed by atoms with Gasteiger partial charge in [0.1, 0.15) is 0 Å². The first-order valence-corrected chi connectivity index (χ1v) is 8.34. The molecule has 1 heterocycles. The van der Waals surface area contributed by atoms with E-state index in [1.807, 2.05) is 13.0 Å². The Morgan fingerprint density at radius 3 is 2.48 bits per heavy atom. The number of rotatable bonds is 6. The van der Waals surface area contributed by atoms with Crippen LogP contribution in [0.25, 0.3) is 0 Å². The smallest absolute Gasteiger partial charge is 0.417 e. The highest BCUT2D eigenvalue weighted by Crippen LogP contribution is 2.32. The zero-order chi connectivity index (χ0) is 20.0. The predicted molar refractivity (Wildman–Crippen MR) is 93.3 cm³/mol. The normalized spacial score (nSPS) is 12.3. The molecule has 1 amide bonds. The van der Waals surface area contributed by atoms with E-state index in [1.165, 1.54) is 0 Å². The van der Waals surface area contributed by atoms with Crippen molar-refractivity contribution in [2.45, 2.75) is 25.4 Å². The van der Waals surface area contributed by atoms with Crippen LogP contribution < -0.4 is 5.32 Å². The summed E-state index contributed by atoms with van der Waals surface area (Å²) in [6, 6.07) is 9.60. The van der Waals surface area contributed by atoms with Crippen LogP contribution in [0.5, 0.6) is 0 Å². The molecule has 9 heteroatoms. The monoisotopic (exact) mass is 400 g/mol. The van der Waals surface area contributed by atoms with Gasteiger partial charge >= 0.3 is 12.1 Å². The molecular formula is C18H16ClF3N2O3. The van der Waals surface area contributed by atoms with Gasteiger partial charge in [-0.2, -0.15) is 13.2 Å². The third kappa shape index (κ3) is 5.68. The van der Waals surface area contributed by atoms with Gasteiger partial charge in [-0.25, -0.2) is 4.98 Å². The van der Waals surface area contributed by atoms with Crippen LogP contribution in [0.15, 0.2) is 42.6 Å². The average Bonchev–Trinajstić information content (AvgIpc) is 2.62. The summed E-state index contributed by atoms with van der Waals surface area (Å²) in [7, 11) is 0. The van der Waals surface area contributed by atoms with Gasteiger partial charge in [0.05, 0.1) is 16.5 Å². The first-order chi connectivity index (χ1) is 12.7. The summed E-state index contributed by atoms with van der Waals surface area (Å²) >= 11 is 5.71. The van der Waals surface area contributed by atoms with Gasteiger partial charge in [-0.1, -0.05) is 48.9 Å². The molecule has 5 nitrogen and oxygen atoms in total. The van der Waals surface area contributed by atoms with Gasteiger partial charge < -0.3 is 10.1 Å². The Kier molecular flexibility index (Phi) is 6.79. The number of benzene rings is 1. The molecule has 0 saturated carbocycles. The van der Waals surface area contributed by atoms with E-state index in [9.17, 15) is 22.8 Å². The highest BCUT2D eigenvalue weighted by Gasteiger charge is 2.31. The first kappa shape index (κ1) is 20.7. The minimum absolute atomic E-state index is 0.249. The van der Waals surface area contributed by atoms with E-state index in [1.54, 1.807) is 24.3 Å². The molecule has 1 aromatic heterocycles. The van der Waals surface area contributed by atoms with E-state index in [4.69, 9.17) is 16.3 Å². The third-order valence-electron chi connectivity index (χ3n) is 3.67. The van der Waals surface area contributed by atoms with E-state index in [-0.39, 0.29) is 10.8 Å². The number of ether oxygens (including phenoxy) is 1. The van der Waals surface area contributed by atoms with Crippen LogP contribution in [0.4, 0.5) is 19.0 Å². The fourth-order valence-corrected chi connectivity index (χ4v) is 2.53. The quantitative estimate of drug-likeness (QED) is 0.728. The zero-order valence-electron chi connectivity index (χ0n) is 14.2. The molecule has 1 N–H and O–H groups in total. The Balaban J connectivity index is 1.95. The van der Waals surface area contributed by atoms with Crippen LogP contribution in [-0.2, 0) is 20.5 Å². The van der Waals surface area contributed by atoms with Gasteiger partial charge in [0, 0.05) is 6.20 Å². The van der Waals surface area contributed by atoms with Crippen molar-refractivity contribution < 1.29 is 27.5 Å². The highest BCUT2D eigenvalue weighted by molar-refractivity contribution is 6.33. The first-order valence-electron chi connectivity index (χ1n) is 7.96. The number of esters is 1. The van der Waals surface area contributed by atoms with E-state index >= 15 is 0 Å². The van der Waals surface area contributed by atoms with E-state index in [0.717, 1.165) is 5.56 Å². The van der Waals surface area contributed by atoms with Gasteiger partial charge in [-0.05, 0) is 18.1 Å². The third-order valence-corrected chi connectivity index (χ3v) is 3.95. The van der Waals surface area contributed by atoms with Gasteiger partial charge in [-0.15, -0.1) is 0 Å². The molecule has 0 aliphatic heterocycles. The number of pyridine rings is 1. The van der Waals surface area contributed by atoms with Gasteiger partial charge in [0.15, 0.2) is 12.4 Å². The summed E-state index contributed by atoms with van der Waals surface area (Å²) in [5.74, 6) is -2.11. The number of hydrogen-bond donors (Lipinski definition) is 1. The number of alkyl halides is 3. The minimum atomic E-state index is -4.60. The molecule has 0 unspecified atom stereocenters. The summed E-state index contributed by atoms with van der Waals surface area (Å²) in [5, 5.41) is 1.84. The molecule has 2 rings (SSSR count). The second-order valence-electron chi connectivity index (χ2n) is 5.58. The molecule has 0 spiro atoms. The maximum absolute atomic E-state index is 12.6. The number of aromatic nitrogens is 1. The van der Waals surface area contributed by atoms with Crippen LogP contribution in [0.1, 0.15) is 30.4 Å². The zero-order valence-corrected chi connectivity index (χ0v) is 15.0. The topological polar surface area (TPSA) is 68.3 Å². The Hall–Kier alpha value is -2.61. The number of carbonyl (C=O) groups excluding carboxylic acids is 2. The summed E-state index contributed by atoms with van der Waals surface area (Å²) in [6.07, 6.45) is -3.56. The molecule has 0 saturated heterocycles. The van der Waals surface area contributed by atoms with Crippen molar-refractivity contribution in [3.63, 3.8) is 0 Å². The fourth-order valence-electron chi connectivity index (χ4n) is 2.31. The Labute approximate surface area is 158 Å². The van der Waals surface area contributed by atoms with Crippen LogP contribution in [0, 0.1) is 0 Å². The fraction of sp³-hybridized carbons (Fsp3) is 0.278. The van der Waals surface area contributed by atoms with Gasteiger partial charge in [0.25, 0.3) is 5.91 Å². The molecule has 0 aliphatic carbocycles. The maximum atomic E-state index is 12.6. The van der Waals surface area contributed by atoms with Crippen molar-refractivity contribution in [2.24, 2.45) is 0 Å². The Bertz CT molecular complexity index is 813. The summed E-state index contributed by atoms with van der Waals surface area (Å²) < 4.78 is 42.7. The molecule has 1 aromatic carbocycles. The number of amides is 1. The molecular weight excluding hydrogens is 385 g/mol. The summed E-state index contributed by atoms with van der Waals surface area (Å²) in [4.78, 5) is 27.6. The van der Waals surface area contributed by atoms with Crippen molar-refractivity contribution in [1.29, 1.82) is 0 Å². The standard InChI is InChI=1S/C18H16ClF3N2O3/c1-2-13(11-6-4-3-5-7-11)17(26)27-10-15(25)24-16-14(19)8-12(9-23-16)18(20,21)22/h3-9,13H,2,10H2,1H3,(H,23,24,25)/t13-/m1/s1. The second kappa shape index (κ2) is 8.85. The average molecular weight is 401 g/mol. The van der Waals surface area contributed by atoms with E-state index in [0.29, 0.717) is 18.7 Å². The maximum Gasteiger partial charge on any atom is 0.417 e. The number of carbonyl (C=O) groups is 2. The number of halogens is 4. The minimum Gasteiger partial charge on any atom is -0.455 e. The van der Waals surface area contributed by atoms with Crippen LogP contribution >= 0.6 is 11.6 Å². The number of nitrogens with zero attached hydrogens (tertiary/aromatic N) is 1. The van der Waals surface area contributed by atoms with Gasteiger partial charge in [-0.3, -0.25) is 9.59 Å². The number of anilines is 1. The molecule has 0 aliphatic rings. The van der Waals surface area contributed by atoms with Crippen molar-refractivity contribution >= 4 is 29.3 Å². The van der Waals surface area contributed by atoms with Crippen molar-refractivity contribution in [2.75, 3.05) is 11.9 Å². The van der Waals surface area contributed by atoms with Crippen LogP contribution in [0.2, 0.25) is 5.02 Å². The predicted octanol–water partition coefficient (Wildman–Crippen LogP) is 4.43. The molecule has 144 valence electrons. The molecule has 1 atom stereocenters. The SMILES string of the molecule is CC[C@@H](C(=O)OCC(=O)Nc1ncc(C(F)(F)F)cc1Cl)c1ccccc1. The lowest BCUT2D eigenvalue weighted by atomic mass is 9.97. The molecule has 2 aromatic rings. The molecule has 27 heavy (non-hydrogen) atoms. The summed E-state index contributed by atoms with van der Waals surface area (Å²) in [5.41, 5.74) is -0.275. The van der Waals surface area contributed by atoms with Crippen LogP contribution in [0.3, 0.4) is 0 Å². The molecule has 0 fully saturated rings. The lowest BCUT2D eigenvalue weighted by Crippen LogP contribution is -2.24. The summed E-state index contributed by atoms with van der Waals surface area (Å²) in [6.45, 7) is 1.20. The Morgan fingerprint density at radius 2 is 1.93 bits per heavy atom. The lowest BCUT2D eigenvalue weighted by molar-refractivity contribution is -0.149. The highest BCUT2D eigenvalue weighted by atomic mass is 35.5. The van der Waals surface area contributed by atoms with Crippen molar-refractivity contribution in [3.8, 4) is 0 Å². The number of hydrogen-bond acceptors (Lipinski definition) is 4.